The van der Waals surface area contributed by atoms with E-state index in [0.717, 1.165) is 0 Å². The minimum Gasteiger partial charge on any atom is -0.497 e. The molecule has 0 aliphatic rings. The van der Waals surface area contributed by atoms with Crippen LogP contribution in [0.15, 0.2) is 24.4 Å². The Morgan fingerprint density at radius 3 is 2.29 bits per heavy atom. The van der Waals surface area contributed by atoms with E-state index in [1.807, 2.05) is 0 Å². The summed E-state index contributed by atoms with van der Waals surface area (Å²) in [6, 6.07) is 4.94. The molecule has 2 rings (SSSR count). The van der Waals surface area contributed by atoms with Gasteiger partial charge in [-0.2, -0.15) is 15.4 Å². The molecule has 1 aromatic carbocycles. The highest BCUT2D eigenvalue weighted by Crippen LogP contribution is 2.23. The number of hydrogen-bond acceptors (Lipinski definition) is 5. The molecule has 0 aliphatic carbocycles. The zero-order valence-corrected chi connectivity index (χ0v) is 9.43. The Labute approximate surface area is 97.6 Å². The van der Waals surface area contributed by atoms with Crippen LogP contribution in [-0.4, -0.2) is 35.4 Å². The lowest BCUT2D eigenvalue weighted by atomic mass is 10.1. The molecule has 88 valence electrons. The number of methoxy groups -OCH3 is 2. The summed E-state index contributed by atoms with van der Waals surface area (Å²) >= 11 is 0. The molecule has 17 heavy (non-hydrogen) atoms. The Bertz CT molecular complexity index is 501. The first-order valence-corrected chi connectivity index (χ1v) is 4.88. The number of aromatic amines is 1. The van der Waals surface area contributed by atoms with E-state index in [2.05, 4.69) is 15.4 Å². The summed E-state index contributed by atoms with van der Waals surface area (Å²) in [6.45, 7) is 0. The number of carbonyl (C=O) groups is 1. The highest BCUT2D eigenvalue weighted by molar-refractivity contribution is 6.07. The number of nitrogens with one attached hydrogen (secondary N) is 1. The average molecular weight is 233 g/mol. The SMILES string of the molecule is COc1cc(OC)cc(C(=O)c2cn[nH]n2)c1. The summed E-state index contributed by atoms with van der Waals surface area (Å²) in [7, 11) is 3.05. The zero-order chi connectivity index (χ0) is 12.3. The van der Waals surface area contributed by atoms with Crippen molar-refractivity contribution in [3.63, 3.8) is 0 Å². The minimum absolute atomic E-state index is 0.240. The van der Waals surface area contributed by atoms with Crippen LogP contribution in [0, 0.1) is 0 Å². The molecule has 0 aliphatic heterocycles. The molecular weight excluding hydrogens is 222 g/mol. The van der Waals surface area contributed by atoms with Gasteiger partial charge in [0.25, 0.3) is 0 Å². The zero-order valence-electron chi connectivity index (χ0n) is 9.43. The molecular formula is C11H11N3O3. The van der Waals surface area contributed by atoms with Crippen LogP contribution in [0.1, 0.15) is 16.1 Å². The van der Waals surface area contributed by atoms with Gasteiger partial charge in [-0.15, -0.1) is 0 Å². The van der Waals surface area contributed by atoms with Crippen molar-refractivity contribution >= 4 is 5.78 Å². The predicted molar refractivity (Wildman–Crippen MR) is 59.4 cm³/mol. The summed E-state index contributed by atoms with van der Waals surface area (Å²) in [5.41, 5.74) is 0.690. The molecule has 2 aromatic rings. The molecule has 0 amide bonds. The molecule has 6 heteroatoms. The number of benzene rings is 1. The van der Waals surface area contributed by atoms with E-state index in [1.165, 1.54) is 20.4 Å². The van der Waals surface area contributed by atoms with Crippen LogP contribution in [0.2, 0.25) is 0 Å². The molecule has 1 heterocycles. The van der Waals surface area contributed by atoms with Gasteiger partial charge in [-0.1, -0.05) is 0 Å². The van der Waals surface area contributed by atoms with Crippen molar-refractivity contribution in [2.45, 2.75) is 0 Å². The molecule has 0 bridgehead atoms. The summed E-state index contributed by atoms with van der Waals surface area (Å²) in [5.74, 6) is 0.864. The van der Waals surface area contributed by atoms with Crippen LogP contribution < -0.4 is 9.47 Å². The fraction of sp³-hybridized carbons (Fsp3) is 0.182. The van der Waals surface area contributed by atoms with Gasteiger partial charge in [-0.3, -0.25) is 4.79 Å². The van der Waals surface area contributed by atoms with Gasteiger partial charge in [0.1, 0.15) is 11.5 Å². The number of carbonyl (C=O) groups excluding carboxylic acids is 1. The molecule has 0 saturated heterocycles. The second-order valence-corrected chi connectivity index (χ2v) is 3.29. The van der Waals surface area contributed by atoms with E-state index < -0.39 is 0 Å². The van der Waals surface area contributed by atoms with Crippen molar-refractivity contribution in [1.29, 1.82) is 0 Å². The van der Waals surface area contributed by atoms with Gasteiger partial charge in [0, 0.05) is 11.6 Å². The van der Waals surface area contributed by atoms with Crippen molar-refractivity contribution in [3.05, 3.63) is 35.7 Å². The fourth-order valence-electron chi connectivity index (χ4n) is 1.40. The minimum atomic E-state index is -0.240. The first-order chi connectivity index (χ1) is 8.24. The maximum Gasteiger partial charge on any atom is 0.215 e. The standard InChI is InChI=1S/C11H11N3O3/c1-16-8-3-7(4-9(5-8)17-2)11(15)10-6-12-14-13-10/h3-6H,1-2H3,(H,12,13,14). The highest BCUT2D eigenvalue weighted by Gasteiger charge is 2.14. The molecule has 6 nitrogen and oxygen atoms in total. The highest BCUT2D eigenvalue weighted by atomic mass is 16.5. The second kappa shape index (κ2) is 4.65. The van der Waals surface area contributed by atoms with Crippen LogP contribution in [0.3, 0.4) is 0 Å². The van der Waals surface area contributed by atoms with Gasteiger partial charge in [0.05, 0.1) is 20.4 Å². The number of ketones is 1. The molecule has 1 aromatic heterocycles. The maximum atomic E-state index is 12.0. The Balaban J connectivity index is 2.41. The Morgan fingerprint density at radius 1 is 1.18 bits per heavy atom. The summed E-state index contributed by atoms with van der Waals surface area (Å²) in [6.07, 6.45) is 1.37. The van der Waals surface area contributed by atoms with Crippen LogP contribution >= 0.6 is 0 Å². The maximum absolute atomic E-state index is 12.0. The first-order valence-electron chi connectivity index (χ1n) is 4.88. The van der Waals surface area contributed by atoms with E-state index >= 15 is 0 Å². The van der Waals surface area contributed by atoms with E-state index in [1.54, 1.807) is 18.2 Å². The van der Waals surface area contributed by atoms with Crippen molar-refractivity contribution < 1.29 is 14.3 Å². The third kappa shape index (κ3) is 2.25. The number of H-pyrrole nitrogens is 1. The number of aromatic nitrogens is 3. The van der Waals surface area contributed by atoms with Gasteiger partial charge in [0.2, 0.25) is 5.78 Å². The normalized spacial score (nSPS) is 10.0. The Hall–Kier alpha value is -2.37. The first kappa shape index (κ1) is 11.1. The quantitative estimate of drug-likeness (QED) is 0.799. The van der Waals surface area contributed by atoms with Crippen molar-refractivity contribution in [3.8, 4) is 11.5 Å². The molecule has 1 N–H and O–H groups in total. The Morgan fingerprint density at radius 2 is 1.82 bits per heavy atom. The summed E-state index contributed by atoms with van der Waals surface area (Å²) < 4.78 is 10.2. The molecule has 0 atom stereocenters. The third-order valence-electron chi connectivity index (χ3n) is 2.26. The van der Waals surface area contributed by atoms with Gasteiger partial charge in [-0.05, 0) is 12.1 Å². The van der Waals surface area contributed by atoms with E-state index in [-0.39, 0.29) is 11.5 Å². The largest absolute Gasteiger partial charge is 0.497 e. The second-order valence-electron chi connectivity index (χ2n) is 3.29. The van der Waals surface area contributed by atoms with Crippen molar-refractivity contribution in [1.82, 2.24) is 15.4 Å². The summed E-state index contributed by atoms with van der Waals surface area (Å²) in [4.78, 5) is 12.0. The monoisotopic (exact) mass is 233 g/mol. The number of ether oxygens (including phenoxy) is 2. The van der Waals surface area contributed by atoms with E-state index in [9.17, 15) is 4.79 Å². The Kier molecular flexibility index (Phi) is 3.04. The number of rotatable bonds is 4. The lowest BCUT2D eigenvalue weighted by Gasteiger charge is -2.06. The van der Waals surface area contributed by atoms with Gasteiger partial charge in [0.15, 0.2) is 5.69 Å². The van der Waals surface area contributed by atoms with Gasteiger partial charge < -0.3 is 9.47 Å². The lowest BCUT2D eigenvalue weighted by molar-refractivity contribution is 0.103. The molecule has 0 fully saturated rings. The predicted octanol–water partition coefficient (Wildman–Crippen LogP) is 1.05. The molecule has 0 spiro atoms. The van der Waals surface area contributed by atoms with Crippen LogP contribution in [0.4, 0.5) is 0 Å². The van der Waals surface area contributed by atoms with E-state index in [0.29, 0.717) is 17.1 Å². The average Bonchev–Trinajstić information content (AvgIpc) is 2.91. The van der Waals surface area contributed by atoms with Gasteiger partial charge in [-0.25, -0.2) is 0 Å². The number of hydrogen-bond donors (Lipinski definition) is 1. The molecule has 0 radical (unpaired) electrons. The van der Waals surface area contributed by atoms with Crippen molar-refractivity contribution in [2.24, 2.45) is 0 Å². The van der Waals surface area contributed by atoms with Crippen LogP contribution in [0.5, 0.6) is 11.5 Å². The van der Waals surface area contributed by atoms with Gasteiger partial charge >= 0.3 is 0 Å². The summed E-state index contributed by atoms with van der Waals surface area (Å²) in [5, 5.41) is 9.72. The van der Waals surface area contributed by atoms with Crippen molar-refractivity contribution in [2.75, 3.05) is 14.2 Å². The van der Waals surface area contributed by atoms with E-state index in [4.69, 9.17) is 9.47 Å². The lowest BCUT2D eigenvalue weighted by Crippen LogP contribution is -2.03. The number of nitrogens with zero attached hydrogens (tertiary/aromatic N) is 2. The van der Waals surface area contributed by atoms with Crippen LogP contribution in [0.25, 0.3) is 0 Å². The topological polar surface area (TPSA) is 77.1 Å². The van der Waals surface area contributed by atoms with Crippen LogP contribution in [-0.2, 0) is 0 Å². The molecule has 0 unspecified atom stereocenters. The fourth-order valence-corrected chi connectivity index (χ4v) is 1.40. The third-order valence-corrected chi connectivity index (χ3v) is 2.26. The smallest absolute Gasteiger partial charge is 0.215 e. The molecule has 0 saturated carbocycles.